The highest BCUT2D eigenvalue weighted by Crippen LogP contribution is 2.22. The Bertz CT molecular complexity index is 1150. The van der Waals surface area contributed by atoms with Crippen molar-refractivity contribution in [2.75, 3.05) is 10.6 Å². The Morgan fingerprint density at radius 2 is 1.58 bits per heavy atom. The molecule has 2 aromatic heterocycles. The number of rotatable bonds is 6. The first-order chi connectivity index (χ1) is 15.1. The molecule has 0 aliphatic rings. The van der Waals surface area contributed by atoms with E-state index in [1.165, 1.54) is 5.56 Å². The molecule has 0 aliphatic heterocycles. The van der Waals surface area contributed by atoms with Crippen LogP contribution in [-0.2, 0) is 6.42 Å². The lowest BCUT2D eigenvalue weighted by molar-refractivity contribution is 0.262. The summed E-state index contributed by atoms with van der Waals surface area (Å²) in [5.74, 6) is 1.55. The molecule has 8 nitrogen and oxygen atoms in total. The van der Waals surface area contributed by atoms with Crippen molar-refractivity contribution in [3.8, 4) is 17.4 Å². The summed E-state index contributed by atoms with van der Waals surface area (Å²) < 4.78 is 7.37. The van der Waals surface area contributed by atoms with Gasteiger partial charge < -0.3 is 15.4 Å². The van der Waals surface area contributed by atoms with Gasteiger partial charge in [-0.15, -0.1) is 10.2 Å². The number of hydrogen-bond donors (Lipinski definition) is 2. The highest BCUT2D eigenvalue weighted by molar-refractivity contribution is 5.99. The molecule has 0 radical (unpaired) electrons. The smallest absolute Gasteiger partial charge is 0.323 e. The number of benzene rings is 2. The second-order valence-corrected chi connectivity index (χ2v) is 6.89. The van der Waals surface area contributed by atoms with Crippen LogP contribution >= 0.6 is 0 Å². The van der Waals surface area contributed by atoms with Crippen LogP contribution in [0.25, 0.3) is 5.82 Å². The number of nitrogens with one attached hydrogen (secondary N) is 2. The van der Waals surface area contributed by atoms with Gasteiger partial charge in [0.25, 0.3) is 0 Å². The molecule has 2 N–H and O–H groups in total. The first kappa shape index (κ1) is 20.1. The summed E-state index contributed by atoms with van der Waals surface area (Å²) in [6.07, 6.45) is 2.78. The fraction of sp³-hybridized carbons (Fsp3) is 0.130. The maximum atomic E-state index is 12.2. The van der Waals surface area contributed by atoms with Gasteiger partial charge in [0.1, 0.15) is 5.75 Å². The van der Waals surface area contributed by atoms with Crippen LogP contribution in [0.15, 0.2) is 72.9 Å². The Hall–Kier alpha value is -4.20. The first-order valence-corrected chi connectivity index (χ1v) is 9.90. The van der Waals surface area contributed by atoms with E-state index in [9.17, 15) is 4.79 Å². The van der Waals surface area contributed by atoms with Gasteiger partial charge in [-0.2, -0.15) is 5.10 Å². The molecule has 31 heavy (non-hydrogen) atoms. The number of urea groups is 1. The minimum Gasteiger partial charge on any atom is -0.438 e. The van der Waals surface area contributed by atoms with Gasteiger partial charge in [0.15, 0.2) is 5.82 Å². The van der Waals surface area contributed by atoms with Crippen molar-refractivity contribution in [2.45, 2.75) is 20.3 Å². The van der Waals surface area contributed by atoms with Crippen molar-refractivity contribution in [3.63, 3.8) is 0 Å². The quantitative estimate of drug-likeness (QED) is 0.465. The second kappa shape index (κ2) is 9.08. The van der Waals surface area contributed by atoms with Gasteiger partial charge in [0.05, 0.1) is 5.69 Å². The van der Waals surface area contributed by atoms with E-state index in [0.717, 1.165) is 17.8 Å². The highest BCUT2D eigenvalue weighted by atomic mass is 16.5. The summed E-state index contributed by atoms with van der Waals surface area (Å²) in [5.41, 5.74) is 3.50. The SMILES string of the molecule is CCc1ccc(NC(=O)Nc2ccc(Oc3ccc(-n4ccc(C)n4)nn3)cc2)cc1. The van der Waals surface area contributed by atoms with Crippen LogP contribution in [0.1, 0.15) is 18.2 Å². The monoisotopic (exact) mass is 414 g/mol. The number of aromatic nitrogens is 4. The standard InChI is InChI=1S/C23H22N6O2/c1-3-17-4-6-18(7-5-17)24-23(30)25-19-8-10-20(11-9-19)31-22-13-12-21(26-27-22)29-15-14-16(2)28-29/h4-15H,3H2,1-2H3,(H2,24,25,30). The normalized spacial score (nSPS) is 10.5. The molecular formula is C23H22N6O2. The molecule has 0 bridgehead atoms. The molecular weight excluding hydrogens is 392 g/mol. The summed E-state index contributed by atoms with van der Waals surface area (Å²) >= 11 is 0. The molecule has 0 fully saturated rings. The van der Waals surface area contributed by atoms with E-state index in [-0.39, 0.29) is 6.03 Å². The van der Waals surface area contributed by atoms with E-state index in [1.807, 2.05) is 43.5 Å². The fourth-order valence-corrected chi connectivity index (χ4v) is 2.88. The van der Waals surface area contributed by atoms with Crippen molar-refractivity contribution in [2.24, 2.45) is 0 Å². The van der Waals surface area contributed by atoms with Crippen LogP contribution in [0.2, 0.25) is 0 Å². The summed E-state index contributed by atoms with van der Waals surface area (Å²) in [5, 5.41) is 18.1. The molecule has 0 saturated heterocycles. The van der Waals surface area contributed by atoms with Gasteiger partial charge in [0, 0.05) is 23.6 Å². The maximum absolute atomic E-state index is 12.2. The predicted octanol–water partition coefficient (Wildman–Crippen LogP) is 4.97. The third-order valence-corrected chi connectivity index (χ3v) is 4.54. The third-order valence-electron chi connectivity index (χ3n) is 4.54. The molecule has 0 spiro atoms. The van der Waals surface area contributed by atoms with E-state index in [1.54, 1.807) is 41.1 Å². The zero-order valence-electron chi connectivity index (χ0n) is 17.2. The molecule has 2 amide bonds. The Morgan fingerprint density at radius 1 is 0.903 bits per heavy atom. The van der Waals surface area contributed by atoms with E-state index < -0.39 is 0 Å². The van der Waals surface area contributed by atoms with Crippen LogP contribution in [-0.4, -0.2) is 26.0 Å². The summed E-state index contributed by atoms with van der Waals surface area (Å²) in [6.45, 7) is 4.00. The first-order valence-electron chi connectivity index (χ1n) is 9.90. The van der Waals surface area contributed by atoms with Crippen molar-refractivity contribution < 1.29 is 9.53 Å². The molecule has 8 heteroatoms. The highest BCUT2D eigenvalue weighted by Gasteiger charge is 2.06. The van der Waals surface area contributed by atoms with Gasteiger partial charge in [0.2, 0.25) is 5.88 Å². The number of anilines is 2. The fourth-order valence-electron chi connectivity index (χ4n) is 2.88. The number of hydrogen-bond acceptors (Lipinski definition) is 5. The molecule has 0 aliphatic carbocycles. The van der Waals surface area contributed by atoms with Gasteiger partial charge in [-0.1, -0.05) is 19.1 Å². The molecule has 0 atom stereocenters. The van der Waals surface area contributed by atoms with Crippen LogP contribution in [0.3, 0.4) is 0 Å². The van der Waals surface area contributed by atoms with Gasteiger partial charge in [-0.3, -0.25) is 0 Å². The van der Waals surface area contributed by atoms with Crippen LogP contribution in [0.4, 0.5) is 16.2 Å². The summed E-state index contributed by atoms with van der Waals surface area (Å²) in [6, 6.07) is 19.8. The van der Waals surface area contributed by atoms with Crippen molar-refractivity contribution in [1.82, 2.24) is 20.0 Å². The van der Waals surface area contributed by atoms with Crippen LogP contribution in [0.5, 0.6) is 11.6 Å². The maximum Gasteiger partial charge on any atom is 0.323 e. The molecule has 0 saturated carbocycles. The molecule has 4 rings (SSSR count). The van der Waals surface area contributed by atoms with Gasteiger partial charge in [-0.05, 0) is 67.4 Å². The predicted molar refractivity (Wildman–Crippen MR) is 119 cm³/mol. The molecule has 156 valence electrons. The number of nitrogens with zero attached hydrogens (tertiary/aromatic N) is 4. The van der Waals surface area contributed by atoms with E-state index >= 15 is 0 Å². The summed E-state index contributed by atoms with van der Waals surface area (Å²) in [4.78, 5) is 12.2. The minimum atomic E-state index is -0.312. The number of ether oxygens (including phenoxy) is 1. The molecule has 0 unspecified atom stereocenters. The zero-order chi connectivity index (χ0) is 21.6. The molecule has 4 aromatic rings. The number of aryl methyl sites for hydroxylation is 2. The molecule has 2 heterocycles. The summed E-state index contributed by atoms with van der Waals surface area (Å²) in [7, 11) is 0. The Balaban J connectivity index is 1.32. The number of amides is 2. The number of carbonyl (C=O) groups is 1. The van der Waals surface area contributed by atoms with Gasteiger partial charge in [-0.25, -0.2) is 9.48 Å². The van der Waals surface area contributed by atoms with Crippen LogP contribution in [0, 0.1) is 6.92 Å². The zero-order valence-corrected chi connectivity index (χ0v) is 17.2. The van der Waals surface area contributed by atoms with E-state index in [0.29, 0.717) is 23.1 Å². The molecule has 2 aromatic carbocycles. The lowest BCUT2D eigenvalue weighted by atomic mass is 10.1. The van der Waals surface area contributed by atoms with Gasteiger partial charge >= 0.3 is 6.03 Å². The lowest BCUT2D eigenvalue weighted by Crippen LogP contribution is -2.19. The topological polar surface area (TPSA) is 94.0 Å². The van der Waals surface area contributed by atoms with Crippen molar-refractivity contribution in [3.05, 3.63) is 84.2 Å². The average Bonchev–Trinajstić information content (AvgIpc) is 3.22. The van der Waals surface area contributed by atoms with Crippen molar-refractivity contribution >= 4 is 17.4 Å². The van der Waals surface area contributed by atoms with Crippen molar-refractivity contribution in [1.29, 1.82) is 0 Å². The lowest BCUT2D eigenvalue weighted by Gasteiger charge is -2.09. The van der Waals surface area contributed by atoms with E-state index in [4.69, 9.17) is 4.74 Å². The Morgan fingerprint density at radius 3 is 2.13 bits per heavy atom. The second-order valence-electron chi connectivity index (χ2n) is 6.89. The Labute approximate surface area is 179 Å². The average molecular weight is 414 g/mol. The Kier molecular flexibility index (Phi) is 5.89. The number of carbonyl (C=O) groups excluding carboxylic acids is 1. The third kappa shape index (κ3) is 5.24. The minimum absolute atomic E-state index is 0.312. The van der Waals surface area contributed by atoms with Crippen LogP contribution < -0.4 is 15.4 Å². The largest absolute Gasteiger partial charge is 0.438 e. The van der Waals surface area contributed by atoms with E-state index in [2.05, 4.69) is 32.9 Å².